The van der Waals surface area contributed by atoms with Crippen molar-refractivity contribution in [1.29, 1.82) is 0 Å². The highest BCUT2D eigenvalue weighted by atomic mass is 79.9. The summed E-state index contributed by atoms with van der Waals surface area (Å²) in [5.74, 6) is 0.790. The molecule has 84 valence electrons. The molecule has 1 N–H and O–H groups in total. The van der Waals surface area contributed by atoms with Gasteiger partial charge in [0, 0.05) is 18.0 Å². The van der Waals surface area contributed by atoms with Gasteiger partial charge in [-0.05, 0) is 23.8 Å². The Bertz CT molecular complexity index is 315. The first-order chi connectivity index (χ1) is 7.17. The highest BCUT2D eigenvalue weighted by Crippen LogP contribution is 2.23. The van der Waals surface area contributed by atoms with E-state index in [9.17, 15) is 5.11 Å². The van der Waals surface area contributed by atoms with Gasteiger partial charge < -0.3 is 14.6 Å². The van der Waals surface area contributed by atoms with Crippen molar-refractivity contribution in [3.8, 4) is 5.75 Å². The molecule has 0 aliphatic heterocycles. The minimum absolute atomic E-state index is 0.337. The fraction of sp³-hybridized carbons (Fsp3) is 0.455. The summed E-state index contributed by atoms with van der Waals surface area (Å²) in [6, 6.07) is 5.69. The summed E-state index contributed by atoms with van der Waals surface area (Å²) >= 11 is 3.43. The average molecular weight is 275 g/mol. The zero-order valence-corrected chi connectivity index (χ0v) is 10.5. The lowest BCUT2D eigenvalue weighted by Gasteiger charge is -2.11. The maximum absolute atomic E-state index is 9.60. The van der Waals surface area contributed by atoms with E-state index in [4.69, 9.17) is 9.47 Å². The molecule has 0 heterocycles. The first-order valence-corrected chi connectivity index (χ1v) is 5.46. The second-order valence-electron chi connectivity index (χ2n) is 3.27. The molecular formula is C11H15BrO3. The van der Waals surface area contributed by atoms with Crippen molar-refractivity contribution in [2.24, 2.45) is 0 Å². The van der Waals surface area contributed by atoms with E-state index in [0.29, 0.717) is 13.0 Å². The molecule has 1 rings (SSSR count). The van der Waals surface area contributed by atoms with Crippen LogP contribution < -0.4 is 4.74 Å². The number of rotatable bonds is 5. The van der Waals surface area contributed by atoms with Gasteiger partial charge >= 0.3 is 0 Å². The molecular weight excluding hydrogens is 260 g/mol. The molecule has 0 spiro atoms. The zero-order chi connectivity index (χ0) is 11.3. The Kier molecular flexibility index (Phi) is 5.08. The van der Waals surface area contributed by atoms with Crippen LogP contribution in [0.25, 0.3) is 0 Å². The molecule has 1 unspecified atom stereocenters. The Hall–Kier alpha value is -0.580. The molecule has 0 saturated heterocycles. The summed E-state index contributed by atoms with van der Waals surface area (Å²) in [5.41, 5.74) is 1.01. The summed E-state index contributed by atoms with van der Waals surface area (Å²) in [5, 5.41) is 9.60. The van der Waals surface area contributed by atoms with Gasteiger partial charge in [0.2, 0.25) is 0 Å². The van der Waals surface area contributed by atoms with E-state index in [1.54, 1.807) is 14.2 Å². The SMILES string of the molecule is COCC(O)Cc1cc(OC)ccc1Br. The Balaban J connectivity index is 2.74. The molecule has 3 nitrogen and oxygen atoms in total. The fourth-order valence-corrected chi connectivity index (χ4v) is 1.75. The van der Waals surface area contributed by atoms with Crippen LogP contribution in [-0.2, 0) is 11.2 Å². The highest BCUT2D eigenvalue weighted by Gasteiger charge is 2.08. The third-order valence-electron chi connectivity index (χ3n) is 2.07. The van der Waals surface area contributed by atoms with Crippen LogP contribution in [0.4, 0.5) is 0 Å². The van der Waals surface area contributed by atoms with Crippen molar-refractivity contribution in [3.63, 3.8) is 0 Å². The maximum atomic E-state index is 9.60. The first-order valence-electron chi connectivity index (χ1n) is 4.66. The summed E-state index contributed by atoms with van der Waals surface area (Å²) in [7, 11) is 3.20. The summed E-state index contributed by atoms with van der Waals surface area (Å²) < 4.78 is 11.0. The normalized spacial score (nSPS) is 12.5. The summed E-state index contributed by atoms with van der Waals surface area (Å²) in [6.07, 6.45) is 0.0597. The monoisotopic (exact) mass is 274 g/mol. The second-order valence-corrected chi connectivity index (χ2v) is 4.12. The maximum Gasteiger partial charge on any atom is 0.119 e. The second kappa shape index (κ2) is 6.10. The minimum atomic E-state index is -0.488. The highest BCUT2D eigenvalue weighted by molar-refractivity contribution is 9.10. The standard InChI is InChI=1S/C11H15BrO3/c1-14-7-9(13)5-8-6-10(15-2)3-4-11(8)12/h3-4,6,9,13H,5,7H2,1-2H3. The quantitative estimate of drug-likeness (QED) is 0.893. The number of hydrogen-bond donors (Lipinski definition) is 1. The van der Waals surface area contributed by atoms with Crippen LogP contribution in [0.2, 0.25) is 0 Å². The van der Waals surface area contributed by atoms with Crippen molar-refractivity contribution in [3.05, 3.63) is 28.2 Å². The molecule has 1 atom stereocenters. The van der Waals surface area contributed by atoms with E-state index in [-0.39, 0.29) is 0 Å². The van der Waals surface area contributed by atoms with Gasteiger partial charge in [-0.25, -0.2) is 0 Å². The lowest BCUT2D eigenvalue weighted by atomic mass is 10.1. The Morgan fingerprint density at radius 3 is 2.73 bits per heavy atom. The third kappa shape index (κ3) is 3.81. The largest absolute Gasteiger partial charge is 0.497 e. The molecule has 0 aromatic heterocycles. The van der Waals surface area contributed by atoms with Crippen LogP contribution in [0.1, 0.15) is 5.56 Å². The smallest absolute Gasteiger partial charge is 0.119 e. The molecule has 0 radical (unpaired) electrons. The van der Waals surface area contributed by atoms with Crippen LogP contribution in [-0.4, -0.2) is 32.0 Å². The van der Waals surface area contributed by atoms with E-state index in [1.807, 2.05) is 18.2 Å². The van der Waals surface area contributed by atoms with Gasteiger partial charge in [-0.1, -0.05) is 15.9 Å². The van der Waals surface area contributed by atoms with Crippen LogP contribution >= 0.6 is 15.9 Å². The van der Waals surface area contributed by atoms with Crippen LogP contribution in [0.15, 0.2) is 22.7 Å². The van der Waals surface area contributed by atoms with Crippen molar-refractivity contribution in [2.45, 2.75) is 12.5 Å². The van der Waals surface area contributed by atoms with E-state index in [0.717, 1.165) is 15.8 Å². The number of halogens is 1. The number of methoxy groups -OCH3 is 2. The van der Waals surface area contributed by atoms with Crippen LogP contribution in [0, 0.1) is 0 Å². The number of hydrogen-bond acceptors (Lipinski definition) is 3. The summed E-state index contributed by atoms with van der Waals surface area (Å²) in [4.78, 5) is 0. The fourth-order valence-electron chi connectivity index (χ4n) is 1.34. The van der Waals surface area contributed by atoms with E-state index in [2.05, 4.69) is 15.9 Å². The molecule has 0 aliphatic rings. The van der Waals surface area contributed by atoms with Gasteiger partial charge in [0.15, 0.2) is 0 Å². The van der Waals surface area contributed by atoms with E-state index in [1.165, 1.54) is 0 Å². The summed E-state index contributed by atoms with van der Waals surface area (Å²) in [6.45, 7) is 0.337. The van der Waals surface area contributed by atoms with Gasteiger partial charge in [0.1, 0.15) is 5.75 Å². The molecule has 0 bridgehead atoms. The van der Waals surface area contributed by atoms with Gasteiger partial charge in [0.25, 0.3) is 0 Å². The van der Waals surface area contributed by atoms with Gasteiger partial charge in [-0.2, -0.15) is 0 Å². The molecule has 0 aliphatic carbocycles. The van der Waals surface area contributed by atoms with Gasteiger partial charge in [-0.15, -0.1) is 0 Å². The number of aliphatic hydroxyl groups is 1. The molecule has 4 heteroatoms. The minimum Gasteiger partial charge on any atom is -0.497 e. The van der Waals surface area contributed by atoms with Crippen LogP contribution in [0.3, 0.4) is 0 Å². The molecule has 0 amide bonds. The van der Waals surface area contributed by atoms with E-state index >= 15 is 0 Å². The molecule has 0 fully saturated rings. The van der Waals surface area contributed by atoms with Crippen molar-refractivity contribution in [2.75, 3.05) is 20.8 Å². The van der Waals surface area contributed by atoms with Gasteiger partial charge in [0.05, 0.1) is 19.8 Å². The third-order valence-corrected chi connectivity index (χ3v) is 2.84. The molecule has 15 heavy (non-hydrogen) atoms. The predicted octanol–water partition coefficient (Wildman–Crippen LogP) is 2.01. The molecule has 1 aromatic rings. The van der Waals surface area contributed by atoms with Crippen LogP contribution in [0.5, 0.6) is 5.75 Å². The van der Waals surface area contributed by atoms with Gasteiger partial charge in [-0.3, -0.25) is 0 Å². The van der Waals surface area contributed by atoms with Crippen molar-refractivity contribution >= 4 is 15.9 Å². The van der Waals surface area contributed by atoms with E-state index < -0.39 is 6.10 Å². The lowest BCUT2D eigenvalue weighted by molar-refractivity contribution is 0.0649. The van der Waals surface area contributed by atoms with Crippen molar-refractivity contribution < 1.29 is 14.6 Å². The predicted molar refractivity (Wildman–Crippen MR) is 62.3 cm³/mol. The zero-order valence-electron chi connectivity index (χ0n) is 8.87. The average Bonchev–Trinajstić information content (AvgIpc) is 2.21. The number of ether oxygens (including phenoxy) is 2. The number of aliphatic hydroxyl groups excluding tert-OH is 1. The Morgan fingerprint density at radius 1 is 1.40 bits per heavy atom. The Labute approximate surface area is 98.1 Å². The number of benzene rings is 1. The topological polar surface area (TPSA) is 38.7 Å². The Morgan fingerprint density at radius 2 is 2.13 bits per heavy atom. The lowest BCUT2D eigenvalue weighted by Crippen LogP contribution is -2.17. The van der Waals surface area contributed by atoms with Crippen molar-refractivity contribution in [1.82, 2.24) is 0 Å². The first kappa shape index (κ1) is 12.5. The molecule has 1 aromatic carbocycles. The molecule has 0 saturated carbocycles.